The Hall–Kier alpha value is -2.62. The van der Waals surface area contributed by atoms with E-state index in [2.05, 4.69) is 31.4 Å². The van der Waals surface area contributed by atoms with Gasteiger partial charge in [0.25, 0.3) is 0 Å². The molecule has 0 spiro atoms. The number of anilines is 1. The second-order valence-electron chi connectivity index (χ2n) is 6.77. The Balaban J connectivity index is 1.72. The number of nitrogens with zero attached hydrogens (tertiary/aromatic N) is 4. The molecule has 2 heterocycles. The van der Waals surface area contributed by atoms with Gasteiger partial charge in [-0.3, -0.25) is 14.2 Å². The van der Waals surface area contributed by atoms with Crippen molar-refractivity contribution in [1.29, 1.82) is 0 Å². The van der Waals surface area contributed by atoms with Crippen LogP contribution in [0.4, 0.5) is 18.9 Å². The van der Waals surface area contributed by atoms with Gasteiger partial charge < -0.3 is 5.32 Å². The van der Waals surface area contributed by atoms with Crippen molar-refractivity contribution in [3.63, 3.8) is 0 Å². The van der Waals surface area contributed by atoms with E-state index in [1.807, 2.05) is 31.2 Å². The standard InChI is InChI=1S/C19H19BrF3N5O/c1-11-5-4-6-14(7-11)9-27-10-15(8-24-27)25-18(29)13(3)28-12(2)16(20)17(26-28)19(21,22)23/h4-8,10,13H,9H2,1-3H3,(H,25,29). The Morgan fingerprint density at radius 2 is 2.03 bits per heavy atom. The summed E-state index contributed by atoms with van der Waals surface area (Å²) in [6, 6.07) is 7.03. The highest BCUT2D eigenvalue weighted by molar-refractivity contribution is 9.10. The first-order valence-corrected chi connectivity index (χ1v) is 9.56. The normalized spacial score (nSPS) is 12.8. The minimum atomic E-state index is -4.61. The van der Waals surface area contributed by atoms with Gasteiger partial charge in [-0.2, -0.15) is 23.4 Å². The molecule has 29 heavy (non-hydrogen) atoms. The molecule has 0 saturated heterocycles. The highest BCUT2D eigenvalue weighted by Gasteiger charge is 2.39. The number of carbonyl (C=O) groups excluding carboxylic acids is 1. The average molecular weight is 470 g/mol. The number of hydrogen-bond donors (Lipinski definition) is 1. The Kier molecular flexibility index (Phi) is 5.83. The van der Waals surface area contributed by atoms with E-state index in [0.29, 0.717) is 12.2 Å². The maximum absolute atomic E-state index is 13.0. The summed E-state index contributed by atoms with van der Waals surface area (Å²) in [5.41, 5.74) is 1.82. The Bertz CT molecular complexity index is 1040. The lowest BCUT2D eigenvalue weighted by atomic mass is 10.1. The first kappa shape index (κ1) is 21.1. The number of aromatic nitrogens is 4. The van der Waals surface area contributed by atoms with Crippen molar-refractivity contribution in [2.75, 3.05) is 5.32 Å². The molecule has 3 aromatic rings. The predicted molar refractivity (Wildman–Crippen MR) is 106 cm³/mol. The molecule has 0 radical (unpaired) electrons. The molecule has 0 fully saturated rings. The van der Waals surface area contributed by atoms with Crippen LogP contribution in [0.1, 0.15) is 35.5 Å². The number of nitrogens with one attached hydrogen (secondary N) is 1. The Morgan fingerprint density at radius 3 is 2.66 bits per heavy atom. The first-order valence-electron chi connectivity index (χ1n) is 8.77. The molecule has 0 aliphatic carbocycles. The third-order valence-corrected chi connectivity index (χ3v) is 5.37. The summed E-state index contributed by atoms with van der Waals surface area (Å²) in [4.78, 5) is 12.5. The van der Waals surface area contributed by atoms with E-state index in [9.17, 15) is 18.0 Å². The van der Waals surface area contributed by atoms with Crippen molar-refractivity contribution < 1.29 is 18.0 Å². The lowest BCUT2D eigenvalue weighted by molar-refractivity contribution is -0.142. The second kappa shape index (κ2) is 8.02. The number of rotatable bonds is 5. The Morgan fingerprint density at radius 1 is 1.31 bits per heavy atom. The van der Waals surface area contributed by atoms with Crippen molar-refractivity contribution in [2.24, 2.45) is 0 Å². The van der Waals surface area contributed by atoms with Crippen molar-refractivity contribution >= 4 is 27.5 Å². The molecule has 0 bridgehead atoms. The van der Waals surface area contributed by atoms with Crippen LogP contribution in [0.25, 0.3) is 0 Å². The zero-order valence-corrected chi connectivity index (χ0v) is 17.5. The molecule has 1 unspecified atom stereocenters. The summed E-state index contributed by atoms with van der Waals surface area (Å²) in [6.45, 7) is 5.49. The van der Waals surface area contributed by atoms with Crippen LogP contribution in [0.2, 0.25) is 0 Å². The fourth-order valence-electron chi connectivity index (χ4n) is 2.93. The molecule has 1 aromatic carbocycles. The monoisotopic (exact) mass is 469 g/mol. The van der Waals surface area contributed by atoms with Gasteiger partial charge in [-0.1, -0.05) is 29.8 Å². The predicted octanol–water partition coefficient (Wildman–Crippen LogP) is 4.73. The molecular weight excluding hydrogens is 451 g/mol. The maximum atomic E-state index is 13.0. The highest BCUT2D eigenvalue weighted by Crippen LogP contribution is 2.36. The molecule has 154 valence electrons. The third-order valence-electron chi connectivity index (χ3n) is 4.42. The minimum absolute atomic E-state index is 0.171. The van der Waals surface area contributed by atoms with Gasteiger partial charge in [0.05, 0.1) is 28.6 Å². The molecule has 0 aliphatic heterocycles. The van der Waals surface area contributed by atoms with Crippen molar-refractivity contribution in [3.05, 3.63) is 63.6 Å². The SMILES string of the molecule is Cc1cccc(Cn2cc(NC(=O)C(C)n3nc(C(F)(F)F)c(Br)c3C)cn2)c1. The molecule has 0 saturated carbocycles. The number of carbonyl (C=O) groups is 1. The smallest absolute Gasteiger partial charge is 0.322 e. The highest BCUT2D eigenvalue weighted by atomic mass is 79.9. The zero-order chi connectivity index (χ0) is 21.3. The molecule has 0 aliphatic rings. The van der Waals surface area contributed by atoms with E-state index in [-0.39, 0.29) is 10.2 Å². The fraction of sp³-hybridized carbons (Fsp3) is 0.316. The van der Waals surface area contributed by atoms with Gasteiger partial charge in [-0.15, -0.1) is 0 Å². The lowest BCUT2D eigenvalue weighted by Crippen LogP contribution is -2.25. The van der Waals surface area contributed by atoms with Gasteiger partial charge >= 0.3 is 6.18 Å². The van der Waals surface area contributed by atoms with Crippen LogP contribution in [0.5, 0.6) is 0 Å². The third kappa shape index (κ3) is 4.69. The van der Waals surface area contributed by atoms with Crippen molar-refractivity contribution in [1.82, 2.24) is 19.6 Å². The fourth-order valence-corrected chi connectivity index (χ4v) is 3.41. The largest absolute Gasteiger partial charge is 0.436 e. The molecule has 2 aromatic heterocycles. The lowest BCUT2D eigenvalue weighted by Gasteiger charge is -2.13. The van der Waals surface area contributed by atoms with E-state index in [4.69, 9.17) is 0 Å². The van der Waals surface area contributed by atoms with Gasteiger partial charge in [-0.05, 0) is 42.3 Å². The van der Waals surface area contributed by atoms with Crippen LogP contribution in [-0.2, 0) is 17.5 Å². The number of alkyl halides is 3. The first-order chi connectivity index (χ1) is 13.6. The Labute approximate surface area is 173 Å². The summed E-state index contributed by atoms with van der Waals surface area (Å²) in [5, 5.41) is 10.5. The second-order valence-corrected chi connectivity index (χ2v) is 7.56. The zero-order valence-electron chi connectivity index (χ0n) is 16.0. The molecule has 10 heteroatoms. The van der Waals surface area contributed by atoms with Crippen LogP contribution >= 0.6 is 15.9 Å². The number of halogens is 4. The quantitative estimate of drug-likeness (QED) is 0.587. The minimum Gasteiger partial charge on any atom is -0.322 e. The average Bonchev–Trinajstić information content (AvgIpc) is 3.19. The van der Waals surface area contributed by atoms with Gasteiger partial charge in [-0.25, -0.2) is 0 Å². The topological polar surface area (TPSA) is 64.7 Å². The van der Waals surface area contributed by atoms with E-state index >= 15 is 0 Å². The molecular formula is C19H19BrF3N5O. The maximum Gasteiger partial charge on any atom is 0.436 e. The molecule has 3 rings (SSSR count). The van der Waals surface area contributed by atoms with Gasteiger partial charge in [0.15, 0.2) is 5.69 Å². The summed E-state index contributed by atoms with van der Waals surface area (Å²) in [7, 11) is 0. The van der Waals surface area contributed by atoms with E-state index in [1.54, 1.807) is 10.9 Å². The molecule has 1 amide bonds. The van der Waals surface area contributed by atoms with Crippen LogP contribution < -0.4 is 5.32 Å². The van der Waals surface area contributed by atoms with Gasteiger partial charge in [0, 0.05) is 6.20 Å². The van der Waals surface area contributed by atoms with Crippen molar-refractivity contribution in [2.45, 2.75) is 39.5 Å². The summed E-state index contributed by atoms with van der Waals surface area (Å²) < 4.78 is 41.7. The van der Waals surface area contributed by atoms with Crippen LogP contribution in [0.15, 0.2) is 41.1 Å². The van der Waals surface area contributed by atoms with Gasteiger partial charge in [0.2, 0.25) is 5.91 Å². The summed E-state index contributed by atoms with van der Waals surface area (Å²) in [5.74, 6) is -0.494. The van der Waals surface area contributed by atoms with Crippen molar-refractivity contribution in [3.8, 4) is 0 Å². The van der Waals surface area contributed by atoms with Gasteiger partial charge in [0.1, 0.15) is 6.04 Å². The molecule has 1 N–H and O–H groups in total. The summed E-state index contributed by atoms with van der Waals surface area (Å²) >= 11 is 2.91. The summed E-state index contributed by atoms with van der Waals surface area (Å²) in [6.07, 6.45) is -1.45. The van der Waals surface area contributed by atoms with E-state index in [0.717, 1.165) is 15.8 Å². The van der Waals surface area contributed by atoms with Crippen LogP contribution in [-0.4, -0.2) is 25.5 Å². The molecule has 1 atom stereocenters. The van der Waals surface area contributed by atoms with E-state index < -0.39 is 23.8 Å². The number of amides is 1. The van der Waals surface area contributed by atoms with Crippen LogP contribution in [0.3, 0.4) is 0 Å². The van der Waals surface area contributed by atoms with Crippen LogP contribution in [0, 0.1) is 13.8 Å². The van der Waals surface area contributed by atoms with E-state index in [1.165, 1.54) is 20.0 Å². The number of aryl methyl sites for hydroxylation is 1. The number of benzene rings is 1. The molecule has 6 nitrogen and oxygen atoms in total. The number of hydrogen-bond acceptors (Lipinski definition) is 3.